The molecule has 0 aliphatic heterocycles. The van der Waals surface area contributed by atoms with Crippen LogP contribution in [0.3, 0.4) is 0 Å². The van der Waals surface area contributed by atoms with Crippen LogP contribution in [0.1, 0.15) is 32.8 Å². The maximum Gasteiger partial charge on any atom is 0.260 e. The number of halogens is 1. The molecule has 1 aromatic rings. The lowest BCUT2D eigenvalue weighted by Gasteiger charge is -2.18. The molecule has 0 saturated heterocycles. The molecule has 0 bridgehead atoms. The summed E-state index contributed by atoms with van der Waals surface area (Å²) in [6.07, 6.45) is 0.314. The van der Waals surface area contributed by atoms with Gasteiger partial charge in [-0.05, 0) is 45.0 Å². The molecule has 0 radical (unpaired) electrons. The molecule has 2 N–H and O–H groups in total. The minimum atomic E-state index is -0.573. The second-order valence-electron chi connectivity index (χ2n) is 4.87. The second kappa shape index (κ2) is 8.12. The number of nitrogens with one attached hydrogen (secondary N) is 2. The summed E-state index contributed by atoms with van der Waals surface area (Å²) in [7, 11) is 1.87. The Kier molecular flexibility index (Phi) is 6.82. The van der Waals surface area contributed by atoms with Crippen molar-refractivity contribution in [1.29, 1.82) is 0 Å². The maximum absolute atomic E-state index is 11.9. The second-order valence-corrected chi connectivity index (χ2v) is 5.28. The van der Waals surface area contributed by atoms with Crippen molar-refractivity contribution in [2.45, 2.75) is 45.9 Å². The molecule has 0 fully saturated rings. The van der Waals surface area contributed by atoms with E-state index in [-0.39, 0.29) is 11.9 Å². The van der Waals surface area contributed by atoms with Crippen molar-refractivity contribution in [3.8, 4) is 5.75 Å². The molecule has 0 aliphatic carbocycles. The first kappa shape index (κ1) is 16.8. The Morgan fingerprint density at radius 3 is 2.65 bits per heavy atom. The van der Waals surface area contributed by atoms with Crippen molar-refractivity contribution < 1.29 is 9.53 Å². The Labute approximate surface area is 125 Å². The van der Waals surface area contributed by atoms with Gasteiger partial charge in [-0.15, -0.1) is 0 Å². The zero-order chi connectivity index (χ0) is 15.1. The topological polar surface area (TPSA) is 50.4 Å². The van der Waals surface area contributed by atoms with E-state index in [0.717, 1.165) is 18.5 Å². The third-order valence-electron chi connectivity index (χ3n) is 3.05. The third-order valence-corrected chi connectivity index (χ3v) is 3.35. The highest BCUT2D eigenvalue weighted by Gasteiger charge is 2.17. The van der Waals surface area contributed by atoms with Gasteiger partial charge in [0.05, 0.1) is 5.02 Å². The quantitative estimate of drug-likeness (QED) is 0.814. The van der Waals surface area contributed by atoms with Gasteiger partial charge in [-0.2, -0.15) is 0 Å². The molecule has 2 atom stereocenters. The van der Waals surface area contributed by atoms with Crippen molar-refractivity contribution in [3.63, 3.8) is 0 Å². The van der Waals surface area contributed by atoms with Gasteiger partial charge in [0.25, 0.3) is 5.91 Å². The van der Waals surface area contributed by atoms with Crippen molar-refractivity contribution in [3.05, 3.63) is 28.8 Å². The lowest BCUT2D eigenvalue weighted by atomic mass is 10.2. The van der Waals surface area contributed by atoms with E-state index < -0.39 is 6.10 Å². The molecule has 5 heteroatoms. The zero-order valence-corrected chi connectivity index (χ0v) is 13.3. The molecule has 4 nitrogen and oxygen atoms in total. The average molecular weight is 299 g/mol. The average Bonchev–Trinajstić information content (AvgIpc) is 2.41. The largest absolute Gasteiger partial charge is 0.479 e. The van der Waals surface area contributed by atoms with Gasteiger partial charge in [-0.3, -0.25) is 4.79 Å². The molecule has 2 unspecified atom stereocenters. The highest BCUT2D eigenvalue weighted by molar-refractivity contribution is 6.32. The lowest BCUT2D eigenvalue weighted by Crippen LogP contribution is -2.41. The van der Waals surface area contributed by atoms with Gasteiger partial charge in [-0.1, -0.05) is 24.6 Å². The summed E-state index contributed by atoms with van der Waals surface area (Å²) in [5.41, 5.74) is 1.07. The number of ether oxygens (including phenoxy) is 1. The Balaban J connectivity index is 2.65. The number of carbonyl (C=O) groups excluding carboxylic acids is 1. The Hall–Kier alpha value is -1.26. The molecule has 0 spiro atoms. The van der Waals surface area contributed by atoms with Crippen LogP contribution >= 0.6 is 11.6 Å². The number of benzene rings is 1. The van der Waals surface area contributed by atoms with Gasteiger partial charge in [0.2, 0.25) is 0 Å². The number of carbonyl (C=O) groups is 1. The standard InChI is InChI=1S/C15H23ClN2O2/c1-5-10(2)18-15(19)11(3)20-14-7-6-12(9-17-4)8-13(14)16/h6-8,10-11,17H,5,9H2,1-4H3,(H,18,19). The van der Waals surface area contributed by atoms with Crippen molar-refractivity contribution in [1.82, 2.24) is 10.6 Å². The molecule has 20 heavy (non-hydrogen) atoms. The number of amides is 1. The molecule has 0 aromatic heterocycles. The van der Waals surface area contributed by atoms with Gasteiger partial charge in [0.15, 0.2) is 6.10 Å². The minimum absolute atomic E-state index is 0.130. The van der Waals surface area contributed by atoms with Gasteiger partial charge in [0, 0.05) is 12.6 Å². The molecule has 1 rings (SSSR count). The summed E-state index contributed by atoms with van der Waals surface area (Å²) in [5, 5.41) is 6.45. The van der Waals surface area contributed by atoms with Gasteiger partial charge in [-0.25, -0.2) is 0 Å². The van der Waals surface area contributed by atoms with Crippen LogP contribution in [0.5, 0.6) is 5.75 Å². The van der Waals surface area contributed by atoms with Crippen LogP contribution in [0, 0.1) is 0 Å². The summed E-state index contributed by atoms with van der Waals surface area (Å²) in [6.45, 7) is 6.44. The summed E-state index contributed by atoms with van der Waals surface area (Å²) in [4.78, 5) is 11.9. The Bertz CT molecular complexity index is 451. The number of hydrogen-bond acceptors (Lipinski definition) is 3. The van der Waals surface area contributed by atoms with Crippen molar-refractivity contribution >= 4 is 17.5 Å². The summed E-state index contributed by atoms with van der Waals surface area (Å²) < 4.78 is 5.62. The monoisotopic (exact) mass is 298 g/mol. The molecular weight excluding hydrogens is 276 g/mol. The zero-order valence-electron chi connectivity index (χ0n) is 12.5. The molecular formula is C15H23ClN2O2. The van der Waals surface area contributed by atoms with E-state index in [1.165, 1.54) is 0 Å². The lowest BCUT2D eigenvalue weighted by molar-refractivity contribution is -0.127. The highest BCUT2D eigenvalue weighted by Crippen LogP contribution is 2.26. The van der Waals surface area contributed by atoms with Crippen LogP contribution in [0.15, 0.2) is 18.2 Å². The van der Waals surface area contributed by atoms with Gasteiger partial charge >= 0.3 is 0 Å². The van der Waals surface area contributed by atoms with E-state index in [1.807, 2.05) is 33.0 Å². The Morgan fingerprint density at radius 1 is 1.40 bits per heavy atom. The maximum atomic E-state index is 11.9. The molecule has 0 saturated carbocycles. The first-order chi connectivity index (χ1) is 9.47. The third kappa shape index (κ3) is 5.02. The normalized spacial score (nSPS) is 13.7. The van der Waals surface area contributed by atoms with E-state index >= 15 is 0 Å². The first-order valence-electron chi connectivity index (χ1n) is 6.88. The summed E-state index contributed by atoms with van der Waals surface area (Å²) in [6, 6.07) is 5.70. The van der Waals surface area contributed by atoms with E-state index in [4.69, 9.17) is 16.3 Å². The molecule has 0 heterocycles. The van der Waals surface area contributed by atoms with Crippen LogP contribution in [-0.2, 0) is 11.3 Å². The van der Waals surface area contributed by atoms with Gasteiger partial charge < -0.3 is 15.4 Å². The van der Waals surface area contributed by atoms with Crippen LogP contribution in [-0.4, -0.2) is 25.1 Å². The number of hydrogen-bond donors (Lipinski definition) is 2. The molecule has 1 amide bonds. The minimum Gasteiger partial charge on any atom is -0.479 e. The highest BCUT2D eigenvalue weighted by atomic mass is 35.5. The van der Waals surface area contributed by atoms with Crippen LogP contribution in [0.2, 0.25) is 5.02 Å². The molecule has 1 aromatic carbocycles. The van der Waals surface area contributed by atoms with Gasteiger partial charge in [0.1, 0.15) is 5.75 Å². The fourth-order valence-electron chi connectivity index (χ4n) is 1.66. The van der Waals surface area contributed by atoms with E-state index in [0.29, 0.717) is 10.8 Å². The van der Waals surface area contributed by atoms with Crippen LogP contribution < -0.4 is 15.4 Å². The first-order valence-corrected chi connectivity index (χ1v) is 7.25. The fourth-order valence-corrected chi connectivity index (χ4v) is 1.91. The van der Waals surface area contributed by atoms with Crippen LogP contribution in [0.25, 0.3) is 0 Å². The van der Waals surface area contributed by atoms with E-state index in [1.54, 1.807) is 13.0 Å². The number of rotatable bonds is 7. The predicted molar refractivity (Wildman–Crippen MR) is 82.2 cm³/mol. The summed E-state index contributed by atoms with van der Waals surface area (Å²) >= 11 is 6.16. The molecule has 0 aliphatic rings. The van der Waals surface area contributed by atoms with Crippen molar-refractivity contribution in [2.75, 3.05) is 7.05 Å². The van der Waals surface area contributed by atoms with E-state index in [9.17, 15) is 4.79 Å². The smallest absolute Gasteiger partial charge is 0.260 e. The van der Waals surface area contributed by atoms with Crippen molar-refractivity contribution in [2.24, 2.45) is 0 Å². The summed E-state index contributed by atoms with van der Waals surface area (Å²) in [5.74, 6) is 0.396. The van der Waals surface area contributed by atoms with E-state index in [2.05, 4.69) is 10.6 Å². The molecule has 112 valence electrons. The predicted octanol–water partition coefficient (Wildman–Crippen LogP) is 2.74. The fraction of sp³-hybridized carbons (Fsp3) is 0.533. The Morgan fingerprint density at radius 2 is 2.10 bits per heavy atom. The SMILES string of the molecule is CCC(C)NC(=O)C(C)Oc1ccc(CNC)cc1Cl. The van der Waals surface area contributed by atoms with Crippen LogP contribution in [0.4, 0.5) is 0 Å².